The van der Waals surface area contributed by atoms with Crippen molar-refractivity contribution in [3.8, 4) is 0 Å². The molecule has 0 fully saturated rings. The van der Waals surface area contributed by atoms with Crippen molar-refractivity contribution in [3.63, 3.8) is 0 Å². The molecule has 0 spiro atoms. The van der Waals surface area contributed by atoms with Crippen molar-refractivity contribution < 1.29 is 4.79 Å². The summed E-state index contributed by atoms with van der Waals surface area (Å²) in [5.41, 5.74) is 3.33. The van der Waals surface area contributed by atoms with Crippen LogP contribution < -0.4 is 5.32 Å². The molecule has 1 aromatic heterocycles. The van der Waals surface area contributed by atoms with E-state index in [9.17, 15) is 4.79 Å². The molecule has 2 amide bonds. The third-order valence-corrected chi connectivity index (χ3v) is 3.25. The van der Waals surface area contributed by atoms with Crippen LogP contribution >= 0.6 is 0 Å². The van der Waals surface area contributed by atoms with Crippen LogP contribution in [0.25, 0.3) is 0 Å². The number of anilines is 1. The molecule has 0 bridgehead atoms. The summed E-state index contributed by atoms with van der Waals surface area (Å²) < 4.78 is 0. The van der Waals surface area contributed by atoms with E-state index >= 15 is 0 Å². The summed E-state index contributed by atoms with van der Waals surface area (Å²) in [4.78, 5) is 18.2. The number of aryl methyl sites for hydroxylation is 1. The average Bonchev–Trinajstić information content (AvgIpc) is 2.82. The van der Waals surface area contributed by atoms with E-state index in [0.29, 0.717) is 18.9 Å². The highest BCUT2D eigenvalue weighted by Crippen LogP contribution is 2.22. The van der Waals surface area contributed by atoms with E-state index in [1.54, 1.807) is 11.0 Å². The molecule has 0 radical (unpaired) electrons. The predicted molar refractivity (Wildman–Crippen MR) is 73.7 cm³/mol. The van der Waals surface area contributed by atoms with Gasteiger partial charge in [0, 0.05) is 18.8 Å². The van der Waals surface area contributed by atoms with Gasteiger partial charge in [-0.05, 0) is 30.2 Å². The zero-order chi connectivity index (χ0) is 13.2. The fourth-order valence-corrected chi connectivity index (χ4v) is 2.28. The van der Waals surface area contributed by atoms with E-state index in [1.807, 2.05) is 31.2 Å². The molecule has 2 aromatic rings. The van der Waals surface area contributed by atoms with Gasteiger partial charge < -0.3 is 4.90 Å². The van der Waals surface area contributed by atoms with Crippen LogP contribution in [-0.2, 0) is 13.1 Å². The highest BCUT2D eigenvalue weighted by Gasteiger charge is 2.22. The lowest BCUT2D eigenvalue weighted by Crippen LogP contribution is -2.30. The van der Waals surface area contributed by atoms with Crippen molar-refractivity contribution in [1.29, 1.82) is 0 Å². The van der Waals surface area contributed by atoms with Crippen molar-refractivity contribution in [2.45, 2.75) is 20.0 Å². The summed E-state index contributed by atoms with van der Waals surface area (Å²) in [6.45, 7) is 3.23. The Labute approximate surface area is 112 Å². The number of carbonyl (C=O) groups excluding carboxylic acids is 1. The molecule has 1 aliphatic rings. The van der Waals surface area contributed by atoms with Crippen molar-refractivity contribution in [3.05, 3.63) is 59.3 Å². The van der Waals surface area contributed by atoms with Gasteiger partial charge in [-0.3, -0.25) is 5.32 Å². The fourth-order valence-electron chi connectivity index (χ4n) is 2.28. The minimum absolute atomic E-state index is 0.102. The molecule has 2 heterocycles. The summed E-state index contributed by atoms with van der Waals surface area (Å²) in [6, 6.07) is 13.6. The Balaban J connectivity index is 1.70. The Bertz CT molecular complexity index is 599. The quantitative estimate of drug-likeness (QED) is 0.849. The fraction of sp³-hybridized carbons (Fsp3) is 0.200. The molecule has 1 aromatic carbocycles. The molecular formula is C15H15N3O. The number of hydrogen-bond acceptors (Lipinski definition) is 2. The second-order valence-corrected chi connectivity index (χ2v) is 4.72. The largest absolute Gasteiger partial charge is 0.323 e. The molecule has 4 heteroatoms. The first-order chi connectivity index (χ1) is 9.22. The third-order valence-electron chi connectivity index (χ3n) is 3.25. The molecule has 0 aliphatic carbocycles. The maximum absolute atomic E-state index is 12.2. The molecule has 4 nitrogen and oxygen atoms in total. The third kappa shape index (κ3) is 2.42. The van der Waals surface area contributed by atoms with Crippen LogP contribution in [0.1, 0.15) is 16.8 Å². The van der Waals surface area contributed by atoms with Gasteiger partial charge in [0.15, 0.2) is 0 Å². The van der Waals surface area contributed by atoms with Gasteiger partial charge in [-0.15, -0.1) is 0 Å². The Hall–Kier alpha value is -2.36. The van der Waals surface area contributed by atoms with Crippen LogP contribution in [-0.4, -0.2) is 15.9 Å². The topological polar surface area (TPSA) is 45.2 Å². The Morgan fingerprint density at radius 1 is 1.11 bits per heavy atom. The van der Waals surface area contributed by atoms with Crippen LogP contribution in [0.5, 0.6) is 0 Å². The normalized spacial score (nSPS) is 13.2. The molecule has 19 heavy (non-hydrogen) atoms. The van der Waals surface area contributed by atoms with Crippen LogP contribution in [0, 0.1) is 6.92 Å². The van der Waals surface area contributed by atoms with Gasteiger partial charge in [0.25, 0.3) is 0 Å². The standard InChI is InChI=1S/C15H15N3O/c1-11-5-4-8-14(16-11)17-15(19)18-9-12-6-2-3-7-13(12)10-18/h2-8H,9-10H2,1H3,(H,16,17,19). The van der Waals surface area contributed by atoms with E-state index in [2.05, 4.69) is 22.4 Å². The number of pyridine rings is 1. The maximum Gasteiger partial charge on any atom is 0.323 e. The molecule has 3 rings (SSSR count). The molecular weight excluding hydrogens is 238 g/mol. The lowest BCUT2D eigenvalue weighted by molar-refractivity contribution is 0.212. The summed E-state index contributed by atoms with van der Waals surface area (Å²) >= 11 is 0. The van der Waals surface area contributed by atoms with Crippen molar-refractivity contribution >= 4 is 11.8 Å². The first-order valence-electron chi connectivity index (χ1n) is 6.29. The first kappa shape index (κ1) is 11.7. The highest BCUT2D eigenvalue weighted by molar-refractivity contribution is 5.88. The number of hydrogen-bond donors (Lipinski definition) is 1. The Kier molecular flexibility index (Phi) is 2.91. The number of aromatic nitrogens is 1. The Morgan fingerprint density at radius 2 is 1.79 bits per heavy atom. The highest BCUT2D eigenvalue weighted by atomic mass is 16.2. The maximum atomic E-state index is 12.2. The van der Waals surface area contributed by atoms with E-state index in [4.69, 9.17) is 0 Å². The number of fused-ring (bicyclic) bond motifs is 1. The van der Waals surface area contributed by atoms with Gasteiger partial charge in [0.1, 0.15) is 5.82 Å². The van der Waals surface area contributed by atoms with Gasteiger partial charge in [-0.2, -0.15) is 0 Å². The van der Waals surface area contributed by atoms with Crippen LogP contribution in [0.4, 0.5) is 10.6 Å². The van der Waals surface area contributed by atoms with Gasteiger partial charge in [-0.25, -0.2) is 9.78 Å². The van der Waals surface area contributed by atoms with Gasteiger partial charge in [-0.1, -0.05) is 30.3 Å². The number of carbonyl (C=O) groups is 1. The smallest absolute Gasteiger partial charge is 0.316 e. The van der Waals surface area contributed by atoms with Crippen molar-refractivity contribution in [2.75, 3.05) is 5.32 Å². The SMILES string of the molecule is Cc1cccc(NC(=O)N2Cc3ccccc3C2)n1. The summed E-state index contributed by atoms with van der Waals surface area (Å²) in [7, 11) is 0. The minimum Gasteiger partial charge on any atom is -0.316 e. The molecule has 0 atom stereocenters. The number of rotatable bonds is 1. The first-order valence-corrected chi connectivity index (χ1v) is 6.29. The molecule has 0 saturated carbocycles. The summed E-state index contributed by atoms with van der Waals surface area (Å²) in [5.74, 6) is 0.598. The Morgan fingerprint density at radius 3 is 2.42 bits per heavy atom. The van der Waals surface area contributed by atoms with Gasteiger partial charge >= 0.3 is 6.03 Å². The van der Waals surface area contributed by atoms with Crippen LogP contribution in [0.3, 0.4) is 0 Å². The molecule has 96 valence electrons. The van der Waals surface area contributed by atoms with Gasteiger partial charge in [0.2, 0.25) is 0 Å². The molecule has 0 unspecified atom stereocenters. The average molecular weight is 253 g/mol. The number of amides is 2. The van der Waals surface area contributed by atoms with E-state index in [1.165, 1.54) is 11.1 Å². The number of nitrogens with zero attached hydrogens (tertiary/aromatic N) is 2. The molecule has 0 saturated heterocycles. The summed E-state index contributed by atoms with van der Waals surface area (Å²) in [6.07, 6.45) is 0. The number of urea groups is 1. The molecule has 1 N–H and O–H groups in total. The minimum atomic E-state index is -0.102. The van der Waals surface area contributed by atoms with Crippen molar-refractivity contribution in [1.82, 2.24) is 9.88 Å². The monoisotopic (exact) mass is 253 g/mol. The number of benzene rings is 1. The second kappa shape index (κ2) is 4.72. The van der Waals surface area contributed by atoms with Crippen LogP contribution in [0.15, 0.2) is 42.5 Å². The number of nitrogens with one attached hydrogen (secondary N) is 1. The zero-order valence-corrected chi connectivity index (χ0v) is 10.8. The predicted octanol–water partition coefficient (Wildman–Crippen LogP) is 2.94. The zero-order valence-electron chi connectivity index (χ0n) is 10.8. The van der Waals surface area contributed by atoms with Crippen LogP contribution in [0.2, 0.25) is 0 Å². The molecule has 1 aliphatic heterocycles. The van der Waals surface area contributed by atoms with E-state index in [-0.39, 0.29) is 6.03 Å². The van der Waals surface area contributed by atoms with Gasteiger partial charge in [0.05, 0.1) is 0 Å². The lowest BCUT2D eigenvalue weighted by atomic mass is 10.1. The summed E-state index contributed by atoms with van der Waals surface area (Å²) in [5, 5.41) is 2.84. The van der Waals surface area contributed by atoms with E-state index < -0.39 is 0 Å². The van der Waals surface area contributed by atoms with E-state index in [0.717, 1.165) is 5.69 Å². The second-order valence-electron chi connectivity index (χ2n) is 4.72. The lowest BCUT2D eigenvalue weighted by Gasteiger charge is -2.16. The van der Waals surface area contributed by atoms with Crippen molar-refractivity contribution in [2.24, 2.45) is 0 Å².